The van der Waals surface area contributed by atoms with Crippen LogP contribution in [0.2, 0.25) is 0 Å². The number of carbonyl (C=O) groups excluding carboxylic acids is 1. The lowest BCUT2D eigenvalue weighted by molar-refractivity contribution is 0.0704. The van der Waals surface area contributed by atoms with Crippen LogP contribution in [0.5, 0.6) is 0 Å². The van der Waals surface area contributed by atoms with Gasteiger partial charge < -0.3 is 15.1 Å². The molecule has 1 aliphatic heterocycles. The molecule has 4 heteroatoms. The van der Waals surface area contributed by atoms with E-state index in [4.69, 9.17) is 0 Å². The summed E-state index contributed by atoms with van der Waals surface area (Å²) in [5.74, 6) is 0.132. The average molecular weight is 261 g/mol. The summed E-state index contributed by atoms with van der Waals surface area (Å²) < 4.78 is 0. The van der Waals surface area contributed by atoms with Crippen LogP contribution in [0.1, 0.15) is 29.3 Å². The number of amides is 1. The highest BCUT2D eigenvalue weighted by Gasteiger charge is 2.33. The maximum absolute atomic E-state index is 12.5. The van der Waals surface area contributed by atoms with Gasteiger partial charge in [0.05, 0.1) is 11.3 Å². The molecule has 0 spiro atoms. The van der Waals surface area contributed by atoms with Crippen LogP contribution in [-0.2, 0) is 0 Å². The van der Waals surface area contributed by atoms with E-state index in [1.165, 1.54) is 0 Å². The van der Waals surface area contributed by atoms with Gasteiger partial charge in [-0.15, -0.1) is 0 Å². The van der Waals surface area contributed by atoms with Gasteiger partial charge in [-0.1, -0.05) is 19.1 Å². The minimum absolute atomic E-state index is 0.126. The Morgan fingerprint density at radius 2 is 2.00 bits per heavy atom. The molecule has 4 nitrogen and oxygen atoms in total. The van der Waals surface area contributed by atoms with Gasteiger partial charge in [0, 0.05) is 14.1 Å². The van der Waals surface area contributed by atoms with Gasteiger partial charge >= 0.3 is 0 Å². The predicted octanol–water partition coefficient (Wildman–Crippen LogP) is 1.84. The van der Waals surface area contributed by atoms with Crippen molar-refractivity contribution in [3.63, 3.8) is 0 Å². The first kappa shape index (κ1) is 13.9. The summed E-state index contributed by atoms with van der Waals surface area (Å²) in [5, 5.41) is 3.32. The van der Waals surface area contributed by atoms with Crippen LogP contribution < -0.4 is 10.2 Å². The van der Waals surface area contributed by atoms with Gasteiger partial charge in [-0.2, -0.15) is 0 Å². The highest BCUT2D eigenvalue weighted by molar-refractivity contribution is 6.03. The maximum Gasteiger partial charge on any atom is 0.257 e. The molecule has 0 radical (unpaired) electrons. The van der Waals surface area contributed by atoms with Gasteiger partial charge in [-0.25, -0.2) is 0 Å². The Labute approximate surface area is 115 Å². The monoisotopic (exact) mass is 261 g/mol. The molecule has 104 valence electrons. The molecule has 0 saturated heterocycles. The van der Waals surface area contributed by atoms with Crippen LogP contribution in [0.3, 0.4) is 0 Å². The zero-order chi connectivity index (χ0) is 14.0. The van der Waals surface area contributed by atoms with Crippen LogP contribution in [0.25, 0.3) is 0 Å². The van der Waals surface area contributed by atoms with Crippen molar-refractivity contribution in [1.82, 2.24) is 10.2 Å². The summed E-state index contributed by atoms with van der Waals surface area (Å²) in [6, 6.07) is 6.05. The summed E-state index contributed by atoms with van der Waals surface area (Å²) in [5.41, 5.74) is 2.93. The largest absolute Gasteiger partial charge is 0.353 e. The Morgan fingerprint density at radius 3 is 2.68 bits per heavy atom. The summed E-state index contributed by atoms with van der Waals surface area (Å²) >= 11 is 0. The van der Waals surface area contributed by atoms with Gasteiger partial charge in [-0.3, -0.25) is 4.79 Å². The van der Waals surface area contributed by atoms with E-state index in [0.717, 1.165) is 36.3 Å². The first-order valence-corrected chi connectivity index (χ1v) is 6.88. The second kappa shape index (κ2) is 5.61. The third kappa shape index (κ3) is 2.45. The molecule has 1 aromatic rings. The number of rotatable bonds is 4. The normalized spacial score (nSPS) is 18.7. The van der Waals surface area contributed by atoms with Crippen molar-refractivity contribution in [2.75, 3.05) is 32.1 Å². The summed E-state index contributed by atoms with van der Waals surface area (Å²) in [7, 11) is 3.96. The van der Waals surface area contributed by atoms with Crippen molar-refractivity contribution in [1.29, 1.82) is 0 Å². The highest BCUT2D eigenvalue weighted by Crippen LogP contribution is 2.32. The lowest BCUT2D eigenvalue weighted by Gasteiger charge is -2.42. The number of fused-ring (bicyclic) bond motifs is 1. The molecule has 1 aliphatic rings. The third-order valence-electron chi connectivity index (χ3n) is 3.89. The minimum atomic E-state index is 0.126. The number of aryl methyl sites for hydroxylation is 1. The van der Waals surface area contributed by atoms with Crippen molar-refractivity contribution in [3.8, 4) is 0 Å². The predicted molar refractivity (Wildman–Crippen MR) is 78.6 cm³/mol. The Hall–Kier alpha value is -1.55. The van der Waals surface area contributed by atoms with Crippen molar-refractivity contribution in [2.24, 2.45) is 0 Å². The molecule has 0 fully saturated rings. The molecule has 1 N–H and O–H groups in total. The van der Waals surface area contributed by atoms with Crippen LogP contribution in [-0.4, -0.2) is 44.2 Å². The summed E-state index contributed by atoms with van der Waals surface area (Å²) in [4.78, 5) is 16.6. The molecule has 1 heterocycles. The van der Waals surface area contributed by atoms with E-state index >= 15 is 0 Å². The van der Waals surface area contributed by atoms with Crippen molar-refractivity contribution in [2.45, 2.75) is 26.4 Å². The van der Waals surface area contributed by atoms with Crippen LogP contribution >= 0.6 is 0 Å². The maximum atomic E-state index is 12.5. The second-order valence-corrected chi connectivity index (χ2v) is 5.12. The molecule has 1 atom stereocenters. The number of nitrogens with zero attached hydrogens (tertiary/aromatic N) is 2. The van der Waals surface area contributed by atoms with Gasteiger partial charge in [0.25, 0.3) is 5.91 Å². The molecule has 1 unspecified atom stereocenters. The highest BCUT2D eigenvalue weighted by atomic mass is 16.2. The Bertz CT molecular complexity index is 472. The Balaban J connectivity index is 2.29. The molecule has 1 amide bonds. The molecule has 19 heavy (non-hydrogen) atoms. The lowest BCUT2D eigenvalue weighted by Crippen LogP contribution is -2.53. The van der Waals surface area contributed by atoms with Gasteiger partial charge in [0.15, 0.2) is 0 Å². The number of benzene rings is 1. The number of nitrogens with one attached hydrogen (secondary N) is 1. The number of hydrogen-bond donors (Lipinski definition) is 1. The van der Waals surface area contributed by atoms with Gasteiger partial charge in [0.1, 0.15) is 6.17 Å². The quantitative estimate of drug-likeness (QED) is 0.840. The fourth-order valence-electron chi connectivity index (χ4n) is 2.75. The molecule has 0 aliphatic carbocycles. The molecular formula is C15H23N3O. The molecule has 2 rings (SSSR count). The van der Waals surface area contributed by atoms with Crippen LogP contribution in [0.15, 0.2) is 18.2 Å². The van der Waals surface area contributed by atoms with Crippen LogP contribution in [0.4, 0.5) is 5.69 Å². The van der Waals surface area contributed by atoms with E-state index in [1.807, 2.05) is 37.1 Å². The Morgan fingerprint density at radius 1 is 1.26 bits per heavy atom. The third-order valence-corrected chi connectivity index (χ3v) is 3.89. The second-order valence-electron chi connectivity index (χ2n) is 5.12. The van der Waals surface area contributed by atoms with Crippen molar-refractivity contribution < 1.29 is 4.79 Å². The molecule has 0 aromatic heterocycles. The smallest absolute Gasteiger partial charge is 0.257 e. The summed E-state index contributed by atoms with van der Waals surface area (Å²) in [6.07, 6.45) is 1.06. The van der Waals surface area contributed by atoms with Crippen molar-refractivity contribution in [3.05, 3.63) is 29.3 Å². The zero-order valence-corrected chi connectivity index (χ0v) is 12.2. The first-order chi connectivity index (χ1) is 9.07. The topological polar surface area (TPSA) is 35.6 Å². The zero-order valence-electron chi connectivity index (χ0n) is 12.2. The van der Waals surface area contributed by atoms with Gasteiger partial charge in [0.2, 0.25) is 0 Å². The first-order valence-electron chi connectivity index (χ1n) is 6.88. The number of anilines is 1. The average Bonchev–Trinajstić information content (AvgIpc) is 2.40. The fraction of sp³-hybridized carbons (Fsp3) is 0.533. The fourth-order valence-corrected chi connectivity index (χ4v) is 2.75. The van der Waals surface area contributed by atoms with E-state index in [-0.39, 0.29) is 12.1 Å². The van der Waals surface area contributed by atoms with E-state index < -0.39 is 0 Å². The number of carbonyl (C=O) groups is 1. The van der Waals surface area contributed by atoms with E-state index in [1.54, 1.807) is 0 Å². The molecule has 0 bridgehead atoms. The van der Waals surface area contributed by atoms with E-state index in [2.05, 4.69) is 24.2 Å². The van der Waals surface area contributed by atoms with Crippen molar-refractivity contribution >= 4 is 11.6 Å². The molecule has 1 aromatic carbocycles. The standard InChI is InChI=1S/C15H23N3O/c1-5-16-10-9-13-17(3)12-8-6-7-11(2)14(12)15(19)18(13)4/h6-8,13,16H,5,9-10H2,1-4H3. The SMILES string of the molecule is CCNCCC1N(C)C(=O)c2c(C)cccc2N1C. The lowest BCUT2D eigenvalue weighted by atomic mass is 10.0. The van der Waals surface area contributed by atoms with Crippen LogP contribution in [0, 0.1) is 6.92 Å². The Kier molecular flexibility index (Phi) is 4.10. The minimum Gasteiger partial charge on any atom is -0.353 e. The summed E-state index contributed by atoms with van der Waals surface area (Å²) in [6.45, 7) is 5.98. The molecular weight excluding hydrogens is 238 g/mol. The van der Waals surface area contributed by atoms with E-state index in [0.29, 0.717) is 0 Å². The molecule has 0 saturated carbocycles. The van der Waals surface area contributed by atoms with Gasteiger partial charge in [-0.05, 0) is 38.1 Å². The van der Waals surface area contributed by atoms with E-state index in [9.17, 15) is 4.79 Å². The number of hydrogen-bond acceptors (Lipinski definition) is 3.